The third-order valence-corrected chi connectivity index (χ3v) is 5.97. The Balaban J connectivity index is 1.45. The average molecular weight is 351 g/mol. The van der Waals surface area contributed by atoms with Crippen LogP contribution >= 0.6 is 23.1 Å². The smallest absolute Gasteiger partial charge is 0.206 e. The zero-order chi connectivity index (χ0) is 16.1. The molecular weight excluding hydrogens is 328 g/mol. The van der Waals surface area contributed by atoms with Crippen molar-refractivity contribution in [2.45, 2.75) is 30.3 Å². The van der Waals surface area contributed by atoms with E-state index in [1.165, 1.54) is 11.1 Å². The molecule has 5 nitrogen and oxygen atoms in total. The van der Waals surface area contributed by atoms with Crippen LogP contribution in [0.5, 0.6) is 0 Å². The Labute approximate surface area is 145 Å². The molecule has 2 N–H and O–H groups in total. The van der Waals surface area contributed by atoms with Gasteiger partial charge in [0.15, 0.2) is 4.34 Å². The number of β-amino-alcohol motifs (C(OH)–C–C–N with tert-alkyl or cyclic N) is 1. The Bertz CT molecular complexity index is 634. The molecule has 0 saturated carbocycles. The predicted octanol–water partition coefficient (Wildman–Crippen LogP) is 2.48. The molecule has 3 rings (SSSR count). The number of rotatable bonds is 7. The quantitative estimate of drug-likeness (QED) is 0.748. The standard InChI is InChI=1S/C16H22N4OS2/c1-2-17-15-18-19-16(23-15)22-11-14(21)10-20-8-7-12-5-3-4-6-13(12)9-20/h3-6,14,21H,2,7-11H2,1H3,(H,17,18)/t14-/m0/s1. The van der Waals surface area contributed by atoms with Crippen LogP contribution < -0.4 is 5.32 Å². The summed E-state index contributed by atoms with van der Waals surface area (Å²) in [5.41, 5.74) is 2.83. The van der Waals surface area contributed by atoms with Gasteiger partial charge in [0.2, 0.25) is 5.13 Å². The Hall–Kier alpha value is -1.15. The lowest BCUT2D eigenvalue weighted by atomic mass is 10.00. The van der Waals surface area contributed by atoms with Gasteiger partial charge >= 0.3 is 0 Å². The lowest BCUT2D eigenvalue weighted by molar-refractivity contribution is 0.122. The fourth-order valence-electron chi connectivity index (χ4n) is 2.72. The van der Waals surface area contributed by atoms with Crippen molar-refractivity contribution >= 4 is 28.2 Å². The monoisotopic (exact) mass is 350 g/mol. The maximum absolute atomic E-state index is 10.3. The third kappa shape index (κ3) is 4.67. The Morgan fingerprint density at radius 1 is 1.35 bits per heavy atom. The van der Waals surface area contributed by atoms with Gasteiger partial charge in [0, 0.05) is 31.9 Å². The van der Waals surface area contributed by atoms with Gasteiger partial charge in [0.05, 0.1) is 6.10 Å². The highest BCUT2D eigenvalue weighted by atomic mass is 32.2. The first-order valence-corrected chi connectivity index (χ1v) is 9.72. The summed E-state index contributed by atoms with van der Waals surface area (Å²) in [6.45, 7) is 5.54. The summed E-state index contributed by atoms with van der Waals surface area (Å²) in [5.74, 6) is 0.652. The fourth-order valence-corrected chi connectivity index (χ4v) is 4.48. The highest BCUT2D eigenvalue weighted by molar-refractivity contribution is 8.01. The summed E-state index contributed by atoms with van der Waals surface area (Å²) < 4.78 is 0.906. The van der Waals surface area contributed by atoms with Crippen molar-refractivity contribution < 1.29 is 5.11 Å². The Morgan fingerprint density at radius 3 is 3.00 bits per heavy atom. The first kappa shape index (κ1) is 16.7. The van der Waals surface area contributed by atoms with Gasteiger partial charge in [-0.15, -0.1) is 10.2 Å². The molecule has 1 aromatic heterocycles. The summed E-state index contributed by atoms with van der Waals surface area (Å²) in [5, 5.41) is 22.5. The first-order chi connectivity index (χ1) is 11.2. The third-order valence-electron chi connectivity index (χ3n) is 3.81. The predicted molar refractivity (Wildman–Crippen MR) is 96.2 cm³/mol. The van der Waals surface area contributed by atoms with Gasteiger partial charge in [-0.05, 0) is 24.5 Å². The van der Waals surface area contributed by atoms with Crippen LogP contribution in [-0.2, 0) is 13.0 Å². The number of nitrogens with one attached hydrogen (secondary N) is 1. The largest absolute Gasteiger partial charge is 0.391 e. The van der Waals surface area contributed by atoms with Gasteiger partial charge in [-0.25, -0.2) is 0 Å². The van der Waals surface area contributed by atoms with E-state index in [0.29, 0.717) is 12.3 Å². The van der Waals surface area contributed by atoms with E-state index in [4.69, 9.17) is 0 Å². The van der Waals surface area contributed by atoms with E-state index < -0.39 is 0 Å². The molecule has 0 unspecified atom stereocenters. The molecule has 2 heterocycles. The summed E-state index contributed by atoms with van der Waals surface area (Å²) in [6, 6.07) is 8.58. The fraction of sp³-hybridized carbons (Fsp3) is 0.500. The van der Waals surface area contributed by atoms with Gasteiger partial charge in [0.25, 0.3) is 0 Å². The van der Waals surface area contributed by atoms with Gasteiger partial charge < -0.3 is 10.4 Å². The van der Waals surface area contributed by atoms with E-state index in [2.05, 4.69) is 44.7 Å². The zero-order valence-electron chi connectivity index (χ0n) is 13.2. The van der Waals surface area contributed by atoms with E-state index in [0.717, 1.165) is 35.5 Å². The molecule has 0 spiro atoms. The summed E-state index contributed by atoms with van der Waals surface area (Å²) >= 11 is 3.12. The van der Waals surface area contributed by atoms with Crippen LogP contribution in [0, 0.1) is 0 Å². The molecule has 0 fully saturated rings. The number of benzene rings is 1. The van der Waals surface area contributed by atoms with Crippen LogP contribution in [-0.4, -0.2) is 51.7 Å². The number of aromatic nitrogens is 2. The van der Waals surface area contributed by atoms with Crippen molar-refractivity contribution in [1.82, 2.24) is 15.1 Å². The van der Waals surface area contributed by atoms with E-state index in [1.54, 1.807) is 23.1 Å². The van der Waals surface area contributed by atoms with Crippen molar-refractivity contribution in [3.8, 4) is 0 Å². The van der Waals surface area contributed by atoms with Gasteiger partial charge in [0.1, 0.15) is 0 Å². The number of nitrogens with zero attached hydrogens (tertiary/aromatic N) is 3. The van der Waals surface area contributed by atoms with Crippen LogP contribution in [0.25, 0.3) is 0 Å². The lowest BCUT2D eigenvalue weighted by Gasteiger charge is -2.30. The van der Waals surface area contributed by atoms with E-state index >= 15 is 0 Å². The number of fused-ring (bicyclic) bond motifs is 1. The minimum Gasteiger partial charge on any atom is -0.391 e. The molecule has 1 aromatic carbocycles. The molecule has 0 bridgehead atoms. The van der Waals surface area contributed by atoms with E-state index in [1.807, 2.05) is 6.92 Å². The maximum atomic E-state index is 10.3. The zero-order valence-corrected chi connectivity index (χ0v) is 14.9. The minimum absolute atomic E-state index is 0.350. The number of anilines is 1. The molecule has 0 amide bonds. The van der Waals surface area contributed by atoms with Gasteiger partial charge in [-0.2, -0.15) is 0 Å². The molecular formula is C16H22N4OS2. The SMILES string of the molecule is CCNc1nnc(SC[C@@H](O)CN2CCc3ccccc3C2)s1. The number of aliphatic hydroxyl groups is 1. The van der Waals surface area contributed by atoms with Crippen LogP contribution in [0.15, 0.2) is 28.6 Å². The highest BCUT2D eigenvalue weighted by Gasteiger charge is 2.18. The first-order valence-electron chi connectivity index (χ1n) is 7.92. The summed E-state index contributed by atoms with van der Waals surface area (Å²) in [6.07, 6.45) is 0.718. The van der Waals surface area contributed by atoms with Crippen molar-refractivity contribution in [2.75, 3.05) is 30.7 Å². The number of hydrogen-bond donors (Lipinski definition) is 2. The number of hydrogen-bond acceptors (Lipinski definition) is 7. The van der Waals surface area contributed by atoms with E-state index in [9.17, 15) is 5.11 Å². The molecule has 1 aliphatic heterocycles. The molecule has 1 atom stereocenters. The lowest BCUT2D eigenvalue weighted by Crippen LogP contribution is -2.37. The summed E-state index contributed by atoms with van der Waals surface area (Å²) in [4.78, 5) is 2.33. The molecule has 0 saturated heterocycles. The Morgan fingerprint density at radius 2 is 2.17 bits per heavy atom. The topological polar surface area (TPSA) is 61.3 Å². The van der Waals surface area contributed by atoms with E-state index in [-0.39, 0.29) is 6.10 Å². The number of thioether (sulfide) groups is 1. The van der Waals surface area contributed by atoms with Crippen LogP contribution in [0.4, 0.5) is 5.13 Å². The van der Waals surface area contributed by atoms with Crippen molar-refractivity contribution in [2.24, 2.45) is 0 Å². The molecule has 23 heavy (non-hydrogen) atoms. The second-order valence-corrected chi connectivity index (χ2v) is 7.87. The van der Waals surface area contributed by atoms with Gasteiger partial charge in [-0.3, -0.25) is 4.90 Å². The molecule has 7 heteroatoms. The Kier molecular flexibility index (Phi) is 5.88. The number of aliphatic hydroxyl groups excluding tert-OH is 1. The van der Waals surface area contributed by atoms with Crippen molar-refractivity contribution in [3.63, 3.8) is 0 Å². The average Bonchev–Trinajstić information content (AvgIpc) is 3.01. The molecule has 124 valence electrons. The molecule has 1 aliphatic rings. The maximum Gasteiger partial charge on any atom is 0.206 e. The second kappa shape index (κ2) is 8.10. The highest BCUT2D eigenvalue weighted by Crippen LogP contribution is 2.26. The normalized spacial score (nSPS) is 16.1. The minimum atomic E-state index is -0.350. The van der Waals surface area contributed by atoms with Crippen molar-refractivity contribution in [3.05, 3.63) is 35.4 Å². The van der Waals surface area contributed by atoms with Crippen LogP contribution in [0.3, 0.4) is 0 Å². The second-order valence-electron chi connectivity index (χ2n) is 5.62. The van der Waals surface area contributed by atoms with Crippen molar-refractivity contribution in [1.29, 1.82) is 0 Å². The van der Waals surface area contributed by atoms with Crippen LogP contribution in [0.1, 0.15) is 18.1 Å². The van der Waals surface area contributed by atoms with Crippen LogP contribution in [0.2, 0.25) is 0 Å². The molecule has 0 radical (unpaired) electrons. The van der Waals surface area contributed by atoms with Gasteiger partial charge in [-0.1, -0.05) is 47.4 Å². The summed E-state index contributed by atoms with van der Waals surface area (Å²) in [7, 11) is 0. The molecule has 0 aliphatic carbocycles. The molecule has 2 aromatic rings.